The third-order valence-corrected chi connectivity index (χ3v) is 1.98. The summed E-state index contributed by atoms with van der Waals surface area (Å²) in [7, 11) is 0. The average molecular weight is 192 g/mol. The van der Waals surface area contributed by atoms with Gasteiger partial charge in [0.25, 0.3) is 0 Å². The molecule has 0 aliphatic carbocycles. The highest BCUT2D eigenvalue weighted by Gasteiger charge is 2.05. The van der Waals surface area contributed by atoms with Crippen molar-refractivity contribution < 1.29 is 8.91 Å². The van der Waals surface area contributed by atoms with Crippen LogP contribution in [0.4, 0.5) is 10.3 Å². The number of hydrogen-bond acceptors (Lipinski definition) is 3. The van der Waals surface area contributed by atoms with E-state index in [0.29, 0.717) is 11.3 Å². The molecule has 0 saturated carbocycles. The Morgan fingerprint density at radius 2 is 2.14 bits per heavy atom. The van der Waals surface area contributed by atoms with Gasteiger partial charge in [0.2, 0.25) is 5.88 Å². The predicted molar refractivity (Wildman–Crippen MR) is 51.0 cm³/mol. The van der Waals surface area contributed by atoms with E-state index in [0.717, 1.165) is 5.56 Å². The van der Waals surface area contributed by atoms with Crippen LogP contribution in [0.15, 0.2) is 28.8 Å². The van der Waals surface area contributed by atoms with Crippen molar-refractivity contribution >= 4 is 5.88 Å². The van der Waals surface area contributed by atoms with Gasteiger partial charge < -0.3 is 10.3 Å². The maximum atomic E-state index is 13.0. The second-order valence-electron chi connectivity index (χ2n) is 3.08. The molecular formula is C10H9FN2O. The molecule has 0 bridgehead atoms. The van der Waals surface area contributed by atoms with Gasteiger partial charge in [0.15, 0.2) is 0 Å². The fraction of sp³-hybridized carbons (Fsp3) is 0.100. The highest BCUT2D eigenvalue weighted by Crippen LogP contribution is 2.22. The molecule has 3 nitrogen and oxygen atoms in total. The fourth-order valence-corrected chi connectivity index (χ4v) is 1.23. The maximum Gasteiger partial charge on any atom is 0.222 e. The third kappa shape index (κ3) is 1.46. The zero-order valence-electron chi connectivity index (χ0n) is 7.62. The van der Waals surface area contributed by atoms with Gasteiger partial charge in [-0.2, -0.15) is 0 Å². The summed E-state index contributed by atoms with van der Waals surface area (Å²) in [6, 6.07) is 6.34. The molecule has 4 heteroatoms. The Morgan fingerprint density at radius 3 is 2.71 bits per heavy atom. The van der Waals surface area contributed by atoms with Crippen LogP contribution in [0.1, 0.15) is 5.56 Å². The van der Waals surface area contributed by atoms with Crippen molar-refractivity contribution in [2.75, 3.05) is 5.73 Å². The molecule has 0 radical (unpaired) electrons. The summed E-state index contributed by atoms with van der Waals surface area (Å²) >= 11 is 0. The number of halogens is 1. The highest BCUT2D eigenvalue weighted by atomic mass is 19.1. The van der Waals surface area contributed by atoms with E-state index in [1.54, 1.807) is 25.1 Å². The minimum Gasteiger partial charge on any atom is -0.368 e. The predicted octanol–water partition coefficient (Wildman–Crippen LogP) is 2.37. The van der Waals surface area contributed by atoms with Crippen molar-refractivity contribution in [1.82, 2.24) is 5.16 Å². The summed E-state index contributed by atoms with van der Waals surface area (Å²) in [5.74, 6) is 0.0206. The van der Waals surface area contributed by atoms with Crippen LogP contribution in [0.2, 0.25) is 0 Å². The zero-order chi connectivity index (χ0) is 10.1. The van der Waals surface area contributed by atoms with Crippen molar-refractivity contribution in [3.63, 3.8) is 0 Å². The standard InChI is InChI=1S/C10H9FN2O/c1-6-4-7(2-3-8(6)11)9-5-10(12)14-13-9/h2-5H,12H2,1H3. The first kappa shape index (κ1) is 8.74. The smallest absolute Gasteiger partial charge is 0.222 e. The van der Waals surface area contributed by atoms with E-state index in [4.69, 9.17) is 10.3 Å². The van der Waals surface area contributed by atoms with Crippen LogP contribution >= 0.6 is 0 Å². The molecule has 1 aromatic heterocycles. The van der Waals surface area contributed by atoms with Gasteiger partial charge in [0.1, 0.15) is 11.5 Å². The Bertz CT molecular complexity index is 465. The van der Waals surface area contributed by atoms with Gasteiger partial charge in [-0.3, -0.25) is 0 Å². The van der Waals surface area contributed by atoms with Gasteiger partial charge in [-0.15, -0.1) is 0 Å². The second-order valence-corrected chi connectivity index (χ2v) is 3.08. The number of hydrogen-bond donors (Lipinski definition) is 1. The number of aromatic nitrogens is 1. The molecule has 2 rings (SSSR count). The molecular weight excluding hydrogens is 183 g/mol. The van der Waals surface area contributed by atoms with Crippen LogP contribution in [0.25, 0.3) is 11.3 Å². The second kappa shape index (κ2) is 3.14. The van der Waals surface area contributed by atoms with E-state index < -0.39 is 0 Å². The normalized spacial score (nSPS) is 10.4. The maximum absolute atomic E-state index is 13.0. The van der Waals surface area contributed by atoms with Crippen molar-refractivity contribution in [3.8, 4) is 11.3 Å². The third-order valence-electron chi connectivity index (χ3n) is 1.98. The Kier molecular flexibility index (Phi) is 1.96. The van der Waals surface area contributed by atoms with Crippen LogP contribution < -0.4 is 5.73 Å². The SMILES string of the molecule is Cc1cc(-c2cc(N)on2)ccc1F. The Balaban J connectivity index is 2.47. The molecule has 2 N–H and O–H groups in total. The molecule has 0 spiro atoms. The van der Waals surface area contributed by atoms with E-state index in [1.807, 2.05) is 0 Å². The summed E-state index contributed by atoms with van der Waals surface area (Å²) in [5, 5.41) is 3.73. The fourth-order valence-electron chi connectivity index (χ4n) is 1.23. The molecule has 1 aromatic carbocycles. The van der Waals surface area contributed by atoms with Crippen molar-refractivity contribution in [3.05, 3.63) is 35.6 Å². The minimum absolute atomic E-state index is 0.231. The molecule has 72 valence electrons. The molecule has 2 aromatic rings. The quantitative estimate of drug-likeness (QED) is 0.754. The zero-order valence-corrected chi connectivity index (χ0v) is 7.62. The molecule has 0 amide bonds. The van der Waals surface area contributed by atoms with Crippen LogP contribution in [-0.2, 0) is 0 Å². The molecule has 1 heterocycles. The first-order chi connectivity index (χ1) is 6.66. The van der Waals surface area contributed by atoms with Crippen molar-refractivity contribution in [2.24, 2.45) is 0 Å². The van der Waals surface area contributed by atoms with Gasteiger partial charge in [0.05, 0.1) is 0 Å². The number of aryl methyl sites for hydroxylation is 1. The number of rotatable bonds is 1. The first-order valence-electron chi connectivity index (χ1n) is 4.15. The van der Waals surface area contributed by atoms with E-state index in [9.17, 15) is 4.39 Å². The highest BCUT2D eigenvalue weighted by molar-refractivity contribution is 5.61. The van der Waals surface area contributed by atoms with Gasteiger partial charge >= 0.3 is 0 Å². The van der Waals surface area contributed by atoms with E-state index in [-0.39, 0.29) is 11.7 Å². The molecule has 0 fully saturated rings. The van der Waals surface area contributed by atoms with Gasteiger partial charge in [-0.05, 0) is 30.7 Å². The first-order valence-corrected chi connectivity index (χ1v) is 4.15. The van der Waals surface area contributed by atoms with Crippen molar-refractivity contribution in [1.29, 1.82) is 0 Å². The number of benzene rings is 1. The lowest BCUT2D eigenvalue weighted by Crippen LogP contribution is -1.84. The Hall–Kier alpha value is -1.84. The van der Waals surface area contributed by atoms with E-state index in [2.05, 4.69) is 5.16 Å². The van der Waals surface area contributed by atoms with Crippen LogP contribution in [0.5, 0.6) is 0 Å². The van der Waals surface area contributed by atoms with Crippen LogP contribution in [0, 0.1) is 12.7 Å². The molecule has 0 unspecified atom stereocenters. The van der Waals surface area contributed by atoms with Crippen molar-refractivity contribution in [2.45, 2.75) is 6.92 Å². The topological polar surface area (TPSA) is 52.0 Å². The number of nitrogen functional groups attached to an aromatic ring is 1. The number of nitrogens with zero attached hydrogens (tertiary/aromatic N) is 1. The number of nitrogens with two attached hydrogens (primary N) is 1. The minimum atomic E-state index is -0.231. The summed E-state index contributed by atoms with van der Waals surface area (Å²) < 4.78 is 17.7. The van der Waals surface area contributed by atoms with Gasteiger partial charge in [0, 0.05) is 11.6 Å². The molecule has 0 saturated heterocycles. The monoisotopic (exact) mass is 192 g/mol. The Labute approximate surface area is 80.3 Å². The van der Waals surface area contributed by atoms with Gasteiger partial charge in [-0.25, -0.2) is 4.39 Å². The van der Waals surface area contributed by atoms with Crippen LogP contribution in [0.3, 0.4) is 0 Å². The Morgan fingerprint density at radius 1 is 1.36 bits per heavy atom. The summed E-state index contributed by atoms with van der Waals surface area (Å²) in [6.07, 6.45) is 0. The van der Waals surface area contributed by atoms with E-state index >= 15 is 0 Å². The summed E-state index contributed by atoms with van der Waals surface area (Å²) in [5.41, 5.74) is 7.37. The summed E-state index contributed by atoms with van der Waals surface area (Å²) in [6.45, 7) is 1.70. The lowest BCUT2D eigenvalue weighted by atomic mass is 10.1. The lowest BCUT2D eigenvalue weighted by Gasteiger charge is -1.98. The van der Waals surface area contributed by atoms with E-state index in [1.165, 1.54) is 6.07 Å². The number of anilines is 1. The molecule has 14 heavy (non-hydrogen) atoms. The molecule has 0 aliphatic heterocycles. The lowest BCUT2D eigenvalue weighted by molar-refractivity contribution is 0.439. The summed E-state index contributed by atoms with van der Waals surface area (Å²) in [4.78, 5) is 0. The van der Waals surface area contributed by atoms with Gasteiger partial charge in [-0.1, -0.05) is 5.16 Å². The average Bonchev–Trinajstić information content (AvgIpc) is 2.57. The van der Waals surface area contributed by atoms with Crippen LogP contribution in [-0.4, -0.2) is 5.16 Å². The molecule has 0 atom stereocenters. The largest absolute Gasteiger partial charge is 0.368 e. The molecule has 0 aliphatic rings.